The van der Waals surface area contributed by atoms with Crippen molar-refractivity contribution < 1.29 is 9.53 Å². The van der Waals surface area contributed by atoms with Gasteiger partial charge in [0, 0.05) is 12.2 Å². The van der Waals surface area contributed by atoms with E-state index >= 15 is 0 Å². The van der Waals surface area contributed by atoms with Gasteiger partial charge in [0.05, 0.1) is 42.3 Å². The van der Waals surface area contributed by atoms with E-state index in [1.54, 1.807) is 6.33 Å². The highest BCUT2D eigenvalue weighted by Gasteiger charge is 2.56. The molecule has 0 aliphatic heterocycles. The van der Waals surface area contributed by atoms with E-state index in [4.69, 9.17) is 15.7 Å². The molecular formula is C20H24N6O2. The number of hydrogen-bond donors (Lipinski definition) is 3. The van der Waals surface area contributed by atoms with Gasteiger partial charge in [0.25, 0.3) is 5.91 Å². The number of anilines is 1. The third kappa shape index (κ3) is 2.73. The second kappa shape index (κ2) is 6.45. The van der Waals surface area contributed by atoms with Gasteiger partial charge in [-0.1, -0.05) is 0 Å². The summed E-state index contributed by atoms with van der Waals surface area (Å²) in [6, 6.07) is 2.45. The number of carbonyl (C=O) groups excluding carboxylic acids is 1. The molecule has 4 aliphatic carbocycles. The van der Waals surface area contributed by atoms with Crippen molar-refractivity contribution in [3.05, 3.63) is 18.1 Å². The number of nitriles is 1. The van der Waals surface area contributed by atoms with E-state index in [1.165, 1.54) is 19.0 Å². The minimum Gasteiger partial charge on any atom is -0.379 e. The summed E-state index contributed by atoms with van der Waals surface area (Å²) in [5.74, 6) is 1.17. The van der Waals surface area contributed by atoms with Crippen LogP contribution in [0.25, 0.3) is 11.2 Å². The zero-order chi connectivity index (χ0) is 19.3. The number of pyridine rings is 1. The lowest BCUT2D eigenvalue weighted by Gasteiger charge is -2.59. The van der Waals surface area contributed by atoms with Crippen LogP contribution in [-0.4, -0.2) is 39.1 Å². The molecule has 5 atom stereocenters. The molecule has 8 nitrogen and oxygen atoms in total. The Hall–Kier alpha value is -2.66. The fraction of sp³-hybridized carbons (Fsp3) is 0.600. The molecule has 2 aromatic heterocycles. The zero-order valence-electron chi connectivity index (χ0n) is 15.6. The number of aromatic nitrogens is 3. The van der Waals surface area contributed by atoms with Gasteiger partial charge in [-0.25, -0.2) is 9.97 Å². The average molecular weight is 380 g/mol. The van der Waals surface area contributed by atoms with E-state index in [2.05, 4.69) is 26.3 Å². The van der Waals surface area contributed by atoms with Crippen LogP contribution in [-0.2, 0) is 4.74 Å². The molecule has 0 radical (unpaired) electrons. The second-order valence-electron chi connectivity index (χ2n) is 8.59. The number of ether oxygens (including phenoxy) is 1. The number of aromatic amines is 1. The summed E-state index contributed by atoms with van der Waals surface area (Å²) in [4.78, 5) is 23.5. The van der Waals surface area contributed by atoms with Crippen LogP contribution in [0.4, 0.5) is 5.69 Å². The number of nitrogens with zero attached hydrogens (tertiary/aromatic N) is 3. The Bertz CT molecular complexity index is 947. The summed E-state index contributed by atoms with van der Waals surface area (Å²) in [5.41, 5.74) is 7.96. The van der Waals surface area contributed by atoms with Crippen LogP contribution in [0.3, 0.4) is 0 Å². The van der Waals surface area contributed by atoms with Gasteiger partial charge in [0.2, 0.25) is 0 Å². The SMILES string of the molecule is N#CCCOC12CC3C[C@H](C1)C(Nc1c(C(N)=O)cnc4nc[nH]c14)[C@@H](C3)C2. The number of H-pyrrole nitrogens is 1. The number of primary amides is 1. The van der Waals surface area contributed by atoms with Crippen molar-refractivity contribution in [1.82, 2.24) is 15.0 Å². The summed E-state index contributed by atoms with van der Waals surface area (Å²) in [6.45, 7) is 0.520. The van der Waals surface area contributed by atoms with E-state index in [9.17, 15) is 4.79 Å². The van der Waals surface area contributed by atoms with Crippen LogP contribution in [0, 0.1) is 29.1 Å². The maximum absolute atomic E-state index is 12.0. The fourth-order valence-corrected chi connectivity index (χ4v) is 6.07. The van der Waals surface area contributed by atoms with Gasteiger partial charge in [-0.15, -0.1) is 0 Å². The van der Waals surface area contributed by atoms with Crippen LogP contribution in [0.5, 0.6) is 0 Å². The maximum atomic E-state index is 12.0. The number of amides is 1. The van der Waals surface area contributed by atoms with Gasteiger partial charge in [0.1, 0.15) is 5.52 Å². The standard InChI is InChI=1S/C20H24N6O2/c21-2-1-3-28-20-6-11-4-12(7-20)15(13(5-11)8-20)26-16-14(18(22)27)9-23-19-17(16)24-10-25-19/h9-13,15H,1,3-8H2,(H2,22,27)(H2,23,24,25,26)/t11?,12-,13+,15?,20?. The molecule has 1 amide bonds. The summed E-state index contributed by atoms with van der Waals surface area (Å²) in [7, 11) is 0. The summed E-state index contributed by atoms with van der Waals surface area (Å²) >= 11 is 0. The summed E-state index contributed by atoms with van der Waals surface area (Å²) < 4.78 is 6.25. The minimum absolute atomic E-state index is 0.0698. The van der Waals surface area contributed by atoms with Crippen LogP contribution in [0.2, 0.25) is 0 Å². The van der Waals surface area contributed by atoms with Crippen molar-refractivity contribution in [2.75, 3.05) is 11.9 Å². The second-order valence-corrected chi connectivity index (χ2v) is 8.59. The highest BCUT2D eigenvalue weighted by molar-refractivity contribution is 6.04. The number of nitrogens with two attached hydrogens (primary N) is 1. The predicted molar refractivity (Wildman–Crippen MR) is 102 cm³/mol. The molecule has 2 aromatic rings. The highest BCUT2D eigenvalue weighted by atomic mass is 16.5. The number of rotatable bonds is 6. The molecule has 4 saturated carbocycles. The van der Waals surface area contributed by atoms with E-state index in [1.807, 2.05) is 0 Å². The van der Waals surface area contributed by atoms with Crippen LogP contribution >= 0.6 is 0 Å². The lowest BCUT2D eigenvalue weighted by Crippen LogP contribution is -2.60. The van der Waals surface area contributed by atoms with Gasteiger partial charge in [-0.2, -0.15) is 5.26 Å². The number of hydrogen-bond acceptors (Lipinski definition) is 6. The molecule has 6 rings (SSSR count). The van der Waals surface area contributed by atoms with Gasteiger partial charge in [-0.05, 0) is 49.9 Å². The molecule has 0 spiro atoms. The summed E-state index contributed by atoms with van der Waals surface area (Å²) in [6.07, 6.45) is 9.03. The molecule has 0 saturated heterocycles. The van der Waals surface area contributed by atoms with E-state index in [-0.39, 0.29) is 11.6 Å². The number of imidazole rings is 1. The third-order valence-electron chi connectivity index (χ3n) is 6.87. The number of fused-ring (bicyclic) bond motifs is 1. The molecule has 0 aromatic carbocycles. The van der Waals surface area contributed by atoms with Crippen molar-refractivity contribution in [2.24, 2.45) is 23.5 Å². The Morgan fingerprint density at radius 3 is 2.86 bits per heavy atom. The molecular weight excluding hydrogens is 356 g/mol. The lowest BCUT2D eigenvalue weighted by atomic mass is 9.52. The quantitative estimate of drug-likeness (QED) is 0.660. The fourth-order valence-electron chi connectivity index (χ4n) is 6.07. The Kier molecular flexibility index (Phi) is 4.02. The number of nitrogens with one attached hydrogen (secondary N) is 2. The molecule has 3 unspecified atom stereocenters. The third-order valence-corrected chi connectivity index (χ3v) is 6.87. The topological polar surface area (TPSA) is 130 Å². The summed E-state index contributed by atoms with van der Waals surface area (Å²) in [5, 5.41) is 12.5. The highest BCUT2D eigenvalue weighted by Crippen LogP contribution is 2.58. The van der Waals surface area contributed by atoms with E-state index < -0.39 is 5.91 Å². The monoisotopic (exact) mass is 380 g/mol. The van der Waals surface area contributed by atoms with Crippen molar-refractivity contribution in [1.29, 1.82) is 5.26 Å². The van der Waals surface area contributed by atoms with Gasteiger partial charge in [-0.3, -0.25) is 4.79 Å². The first-order chi connectivity index (χ1) is 13.6. The van der Waals surface area contributed by atoms with Crippen molar-refractivity contribution >= 4 is 22.8 Å². The smallest absolute Gasteiger partial charge is 0.252 e. The van der Waals surface area contributed by atoms with Crippen LogP contribution in [0.15, 0.2) is 12.5 Å². The van der Waals surface area contributed by atoms with Crippen molar-refractivity contribution in [3.63, 3.8) is 0 Å². The molecule has 2 heterocycles. The van der Waals surface area contributed by atoms with Gasteiger partial charge in [0.15, 0.2) is 5.65 Å². The van der Waals surface area contributed by atoms with E-state index in [0.29, 0.717) is 47.7 Å². The van der Waals surface area contributed by atoms with Gasteiger partial charge < -0.3 is 20.8 Å². The molecule has 4 aliphatic rings. The first-order valence-corrected chi connectivity index (χ1v) is 9.98. The first-order valence-electron chi connectivity index (χ1n) is 9.98. The Balaban J connectivity index is 1.43. The normalized spacial score (nSPS) is 33.1. The lowest BCUT2D eigenvalue weighted by molar-refractivity contribution is -0.165. The average Bonchev–Trinajstić information content (AvgIpc) is 3.13. The zero-order valence-corrected chi connectivity index (χ0v) is 15.6. The van der Waals surface area contributed by atoms with Crippen molar-refractivity contribution in [3.8, 4) is 6.07 Å². The largest absolute Gasteiger partial charge is 0.379 e. The van der Waals surface area contributed by atoms with Gasteiger partial charge >= 0.3 is 0 Å². The Morgan fingerprint density at radius 1 is 1.36 bits per heavy atom. The molecule has 28 heavy (non-hydrogen) atoms. The number of carbonyl (C=O) groups is 1. The molecule has 4 fully saturated rings. The Labute approximate surface area is 162 Å². The minimum atomic E-state index is -0.494. The van der Waals surface area contributed by atoms with Crippen molar-refractivity contribution in [2.45, 2.75) is 50.2 Å². The molecule has 8 heteroatoms. The van der Waals surface area contributed by atoms with E-state index in [0.717, 1.165) is 24.8 Å². The predicted octanol–water partition coefficient (Wildman–Crippen LogP) is 2.35. The molecule has 4 bridgehead atoms. The van der Waals surface area contributed by atoms with Crippen LogP contribution < -0.4 is 11.1 Å². The molecule has 4 N–H and O–H groups in total. The molecule has 146 valence electrons. The maximum Gasteiger partial charge on any atom is 0.252 e. The Morgan fingerprint density at radius 2 is 2.14 bits per heavy atom. The van der Waals surface area contributed by atoms with Crippen LogP contribution in [0.1, 0.15) is 48.9 Å². The first kappa shape index (κ1) is 17.4.